The minimum Gasteiger partial charge on any atom is -0.368 e. The van der Waals surface area contributed by atoms with Crippen LogP contribution in [0, 0.1) is 19.8 Å². The summed E-state index contributed by atoms with van der Waals surface area (Å²) in [4.78, 5) is 23.6. The van der Waals surface area contributed by atoms with E-state index in [9.17, 15) is 9.59 Å². The van der Waals surface area contributed by atoms with Gasteiger partial charge in [0.15, 0.2) is 0 Å². The predicted octanol–water partition coefficient (Wildman–Crippen LogP) is 1.93. The van der Waals surface area contributed by atoms with E-state index in [-0.39, 0.29) is 11.8 Å². The Morgan fingerprint density at radius 3 is 2.16 bits per heavy atom. The molecule has 0 unspecified atom stereocenters. The minimum atomic E-state index is -0.627. The van der Waals surface area contributed by atoms with Gasteiger partial charge in [-0.2, -0.15) is 0 Å². The van der Waals surface area contributed by atoms with E-state index >= 15 is 0 Å². The summed E-state index contributed by atoms with van der Waals surface area (Å²) in [6, 6.07) is 4.98. The van der Waals surface area contributed by atoms with E-state index in [1.54, 1.807) is 12.1 Å². The number of hydrogen-bond donors (Lipinski definition) is 2. The van der Waals surface area contributed by atoms with Gasteiger partial charge < -0.3 is 11.1 Å². The third-order valence-electron chi connectivity index (χ3n) is 3.29. The van der Waals surface area contributed by atoms with E-state index in [4.69, 9.17) is 5.73 Å². The highest BCUT2D eigenvalue weighted by Gasteiger charge is 2.24. The first-order valence-electron chi connectivity index (χ1n) is 6.53. The number of nitrogens with one attached hydrogen (secondary N) is 1. The lowest BCUT2D eigenvalue weighted by Gasteiger charge is -2.21. The molecule has 2 atom stereocenters. The Balaban J connectivity index is 2.90. The molecule has 3 N–H and O–H groups in total. The van der Waals surface area contributed by atoms with Gasteiger partial charge >= 0.3 is 0 Å². The van der Waals surface area contributed by atoms with Crippen molar-refractivity contribution in [2.45, 2.75) is 40.2 Å². The molecule has 104 valence electrons. The van der Waals surface area contributed by atoms with Crippen LogP contribution in [-0.4, -0.2) is 17.9 Å². The van der Waals surface area contributed by atoms with Crippen LogP contribution in [0.5, 0.6) is 0 Å². The second-order valence-electron chi connectivity index (χ2n) is 5.12. The van der Waals surface area contributed by atoms with E-state index < -0.39 is 11.9 Å². The van der Waals surface area contributed by atoms with Gasteiger partial charge in [0.05, 0.1) is 0 Å². The molecule has 0 spiro atoms. The second-order valence-corrected chi connectivity index (χ2v) is 5.12. The Morgan fingerprint density at radius 1 is 1.21 bits per heavy atom. The van der Waals surface area contributed by atoms with Gasteiger partial charge in [-0.15, -0.1) is 0 Å². The molecule has 1 aromatic carbocycles. The van der Waals surface area contributed by atoms with Gasteiger partial charge in [-0.3, -0.25) is 9.59 Å². The van der Waals surface area contributed by atoms with Crippen molar-refractivity contribution < 1.29 is 9.59 Å². The largest absolute Gasteiger partial charge is 0.368 e. The lowest BCUT2D eigenvalue weighted by atomic mass is 9.98. The third kappa shape index (κ3) is 4.09. The summed E-state index contributed by atoms with van der Waals surface area (Å²) in [6.07, 6.45) is 0.779. The molecular weight excluding hydrogens is 240 g/mol. The summed E-state index contributed by atoms with van der Waals surface area (Å²) in [5, 5.41) is 2.72. The molecule has 0 saturated heterocycles. The molecule has 0 radical (unpaired) electrons. The van der Waals surface area contributed by atoms with Gasteiger partial charge in [0, 0.05) is 5.56 Å². The minimum absolute atomic E-state index is 0.0207. The molecule has 4 heteroatoms. The quantitative estimate of drug-likeness (QED) is 0.851. The van der Waals surface area contributed by atoms with Crippen molar-refractivity contribution in [3.05, 3.63) is 34.9 Å². The molecule has 0 aromatic heterocycles. The highest BCUT2D eigenvalue weighted by molar-refractivity contribution is 5.97. The molecule has 1 rings (SSSR count). The van der Waals surface area contributed by atoms with Crippen LogP contribution in [-0.2, 0) is 4.79 Å². The molecule has 0 bridgehead atoms. The average Bonchev–Trinajstić information content (AvgIpc) is 2.33. The van der Waals surface area contributed by atoms with Gasteiger partial charge in [-0.05, 0) is 31.9 Å². The van der Waals surface area contributed by atoms with Crippen LogP contribution in [0.2, 0.25) is 0 Å². The summed E-state index contributed by atoms with van der Waals surface area (Å²) in [6.45, 7) is 7.73. The number of aryl methyl sites for hydroxylation is 2. The normalized spacial score (nSPS) is 13.7. The highest BCUT2D eigenvalue weighted by Crippen LogP contribution is 2.11. The number of rotatable bonds is 5. The molecule has 19 heavy (non-hydrogen) atoms. The van der Waals surface area contributed by atoms with Crippen LogP contribution in [0.25, 0.3) is 0 Å². The molecule has 2 amide bonds. The predicted molar refractivity (Wildman–Crippen MR) is 75.8 cm³/mol. The van der Waals surface area contributed by atoms with Crippen molar-refractivity contribution >= 4 is 11.8 Å². The maximum absolute atomic E-state index is 12.2. The van der Waals surface area contributed by atoms with Gasteiger partial charge in [0.1, 0.15) is 6.04 Å². The van der Waals surface area contributed by atoms with E-state index in [0.717, 1.165) is 17.5 Å². The van der Waals surface area contributed by atoms with Gasteiger partial charge in [0.25, 0.3) is 5.91 Å². The van der Waals surface area contributed by atoms with Gasteiger partial charge in [0.2, 0.25) is 5.91 Å². The Hall–Kier alpha value is -1.84. The number of nitrogens with two attached hydrogens (primary N) is 1. The third-order valence-corrected chi connectivity index (χ3v) is 3.29. The molecule has 0 fully saturated rings. The van der Waals surface area contributed by atoms with E-state index in [1.165, 1.54) is 0 Å². The Morgan fingerprint density at radius 2 is 1.74 bits per heavy atom. The molecule has 0 aliphatic carbocycles. The lowest BCUT2D eigenvalue weighted by molar-refractivity contribution is -0.120. The number of benzene rings is 1. The monoisotopic (exact) mass is 262 g/mol. The Kier molecular flexibility index (Phi) is 5.10. The average molecular weight is 262 g/mol. The zero-order chi connectivity index (χ0) is 14.6. The Bertz CT molecular complexity index is 463. The molecule has 0 aliphatic rings. The molecule has 0 aliphatic heterocycles. The van der Waals surface area contributed by atoms with Crippen LogP contribution < -0.4 is 11.1 Å². The molecule has 1 aromatic rings. The van der Waals surface area contributed by atoms with E-state index in [2.05, 4.69) is 5.32 Å². The first-order chi connectivity index (χ1) is 8.85. The van der Waals surface area contributed by atoms with Gasteiger partial charge in [-0.25, -0.2) is 0 Å². The SMILES string of the molecule is CC[C@@H](C)[C@@H](NC(=O)c1cc(C)cc(C)c1)C(N)=O. The van der Waals surface area contributed by atoms with Crippen molar-refractivity contribution in [2.24, 2.45) is 11.7 Å². The fraction of sp³-hybridized carbons (Fsp3) is 0.467. The van der Waals surface area contributed by atoms with Crippen molar-refractivity contribution in [1.29, 1.82) is 0 Å². The fourth-order valence-corrected chi connectivity index (χ4v) is 2.06. The van der Waals surface area contributed by atoms with Crippen molar-refractivity contribution in [2.75, 3.05) is 0 Å². The zero-order valence-corrected chi connectivity index (χ0v) is 12.0. The maximum Gasteiger partial charge on any atom is 0.251 e. The molecular formula is C15H22N2O2. The Labute approximate surface area is 114 Å². The number of hydrogen-bond acceptors (Lipinski definition) is 2. The van der Waals surface area contributed by atoms with Crippen LogP contribution in [0.3, 0.4) is 0 Å². The number of primary amides is 1. The summed E-state index contributed by atoms with van der Waals surface area (Å²) in [7, 11) is 0. The van der Waals surface area contributed by atoms with Crippen LogP contribution >= 0.6 is 0 Å². The lowest BCUT2D eigenvalue weighted by Crippen LogP contribution is -2.48. The fourth-order valence-electron chi connectivity index (χ4n) is 2.06. The van der Waals surface area contributed by atoms with Crippen molar-refractivity contribution in [3.8, 4) is 0 Å². The highest BCUT2D eigenvalue weighted by atomic mass is 16.2. The van der Waals surface area contributed by atoms with Crippen LogP contribution in [0.15, 0.2) is 18.2 Å². The van der Waals surface area contributed by atoms with Crippen LogP contribution in [0.4, 0.5) is 0 Å². The summed E-state index contributed by atoms with van der Waals surface area (Å²) < 4.78 is 0. The summed E-state index contributed by atoms with van der Waals surface area (Å²) >= 11 is 0. The molecule has 4 nitrogen and oxygen atoms in total. The van der Waals surface area contributed by atoms with Gasteiger partial charge in [-0.1, -0.05) is 37.5 Å². The topological polar surface area (TPSA) is 72.2 Å². The maximum atomic E-state index is 12.2. The first kappa shape index (κ1) is 15.2. The second kappa shape index (κ2) is 6.36. The van der Waals surface area contributed by atoms with E-state index in [1.807, 2.05) is 33.8 Å². The zero-order valence-electron chi connectivity index (χ0n) is 12.0. The summed E-state index contributed by atoms with van der Waals surface area (Å²) in [5.41, 5.74) is 7.94. The van der Waals surface area contributed by atoms with E-state index in [0.29, 0.717) is 5.56 Å². The molecule has 0 saturated carbocycles. The van der Waals surface area contributed by atoms with Crippen molar-refractivity contribution in [3.63, 3.8) is 0 Å². The first-order valence-corrected chi connectivity index (χ1v) is 6.53. The van der Waals surface area contributed by atoms with Crippen molar-refractivity contribution in [1.82, 2.24) is 5.32 Å². The van der Waals surface area contributed by atoms with Crippen LogP contribution in [0.1, 0.15) is 41.8 Å². The number of carbonyl (C=O) groups is 2. The summed E-state index contributed by atoms with van der Waals surface area (Å²) in [5.74, 6) is -0.727. The number of amides is 2. The number of carbonyl (C=O) groups excluding carboxylic acids is 2. The smallest absolute Gasteiger partial charge is 0.251 e. The molecule has 0 heterocycles. The standard InChI is InChI=1S/C15H22N2O2/c1-5-11(4)13(14(16)18)17-15(19)12-7-9(2)6-10(3)8-12/h6-8,11,13H,5H2,1-4H3,(H2,16,18)(H,17,19)/t11-,13-/m1/s1.